The molecule has 0 saturated carbocycles. The van der Waals surface area contributed by atoms with Gasteiger partial charge in [0.15, 0.2) is 0 Å². The van der Waals surface area contributed by atoms with E-state index < -0.39 is 12.1 Å². The highest BCUT2D eigenvalue weighted by atomic mass is 16.2. The number of nitrogens with one attached hydrogen (secondary N) is 3. The molecule has 0 saturated heterocycles. The van der Waals surface area contributed by atoms with Gasteiger partial charge >= 0.3 is 6.03 Å². The quantitative estimate of drug-likeness (QED) is 0.791. The van der Waals surface area contributed by atoms with Crippen LogP contribution >= 0.6 is 0 Å². The third-order valence-electron chi connectivity index (χ3n) is 3.03. The van der Waals surface area contributed by atoms with Crippen LogP contribution in [0.5, 0.6) is 0 Å². The van der Waals surface area contributed by atoms with Crippen molar-refractivity contribution in [3.05, 3.63) is 29.3 Å². The molecule has 0 aliphatic carbocycles. The first-order valence-corrected chi connectivity index (χ1v) is 6.75. The van der Waals surface area contributed by atoms with Crippen LogP contribution in [0.3, 0.4) is 0 Å². The van der Waals surface area contributed by atoms with Crippen molar-refractivity contribution in [3.63, 3.8) is 0 Å². The molecule has 1 atom stereocenters. The van der Waals surface area contributed by atoms with Gasteiger partial charge in [0, 0.05) is 11.7 Å². The van der Waals surface area contributed by atoms with Crippen LogP contribution in [0.1, 0.15) is 31.9 Å². The maximum Gasteiger partial charge on any atom is 0.321 e. The van der Waals surface area contributed by atoms with E-state index in [1.165, 1.54) is 0 Å². The summed E-state index contributed by atoms with van der Waals surface area (Å²) in [5.41, 5.74) is 3.15. The topological polar surface area (TPSA) is 70.2 Å². The number of carbonyl (C=O) groups is 2. The molecule has 1 aromatic rings. The maximum atomic E-state index is 11.9. The lowest BCUT2D eigenvalue weighted by Gasteiger charge is -2.18. The summed E-state index contributed by atoms with van der Waals surface area (Å²) in [4.78, 5) is 23.4. The Morgan fingerprint density at radius 2 is 1.75 bits per heavy atom. The zero-order valence-electron chi connectivity index (χ0n) is 12.7. The van der Waals surface area contributed by atoms with E-state index in [4.69, 9.17) is 0 Å². The van der Waals surface area contributed by atoms with Gasteiger partial charge in [0.1, 0.15) is 6.04 Å². The molecule has 0 radical (unpaired) electrons. The standard InChI is InChI=1S/C15H23N3O2/c1-9(2)16-15(20)18-14(19)12(5)17-13-8-6-7-10(3)11(13)4/h6-9,12,17H,1-5H3,(H2,16,18,19,20)/t12-/m1/s1. The lowest BCUT2D eigenvalue weighted by atomic mass is 10.1. The summed E-state index contributed by atoms with van der Waals surface area (Å²) in [6.45, 7) is 9.40. The fourth-order valence-electron chi connectivity index (χ4n) is 1.72. The minimum absolute atomic E-state index is 0.00918. The van der Waals surface area contributed by atoms with E-state index in [2.05, 4.69) is 16.0 Å². The van der Waals surface area contributed by atoms with Crippen LogP contribution in [0.2, 0.25) is 0 Å². The normalized spacial score (nSPS) is 11.9. The highest BCUT2D eigenvalue weighted by Gasteiger charge is 2.16. The molecule has 0 fully saturated rings. The number of carbonyl (C=O) groups excluding carboxylic acids is 2. The molecule has 20 heavy (non-hydrogen) atoms. The van der Waals surface area contributed by atoms with E-state index in [-0.39, 0.29) is 11.9 Å². The van der Waals surface area contributed by atoms with Gasteiger partial charge in [-0.2, -0.15) is 0 Å². The van der Waals surface area contributed by atoms with Crippen molar-refractivity contribution in [2.45, 2.75) is 46.7 Å². The summed E-state index contributed by atoms with van der Waals surface area (Å²) in [5, 5.41) is 8.05. The molecule has 3 amide bonds. The molecular formula is C15H23N3O2. The third kappa shape index (κ3) is 4.57. The lowest BCUT2D eigenvalue weighted by Crippen LogP contribution is -2.47. The van der Waals surface area contributed by atoms with E-state index in [0.29, 0.717) is 0 Å². The van der Waals surface area contributed by atoms with Crippen LogP contribution in [0.4, 0.5) is 10.5 Å². The zero-order valence-corrected chi connectivity index (χ0v) is 12.7. The largest absolute Gasteiger partial charge is 0.374 e. The first kappa shape index (κ1) is 16.0. The van der Waals surface area contributed by atoms with Gasteiger partial charge in [-0.05, 0) is 51.8 Å². The second-order valence-corrected chi connectivity index (χ2v) is 5.23. The Morgan fingerprint density at radius 1 is 1.10 bits per heavy atom. The van der Waals surface area contributed by atoms with Gasteiger partial charge < -0.3 is 10.6 Å². The summed E-state index contributed by atoms with van der Waals surface area (Å²) >= 11 is 0. The summed E-state index contributed by atoms with van der Waals surface area (Å²) in [7, 11) is 0. The van der Waals surface area contributed by atoms with Crippen LogP contribution in [0, 0.1) is 13.8 Å². The van der Waals surface area contributed by atoms with Crippen LogP contribution in [-0.4, -0.2) is 24.0 Å². The number of rotatable bonds is 4. The molecule has 110 valence electrons. The molecule has 5 heteroatoms. The monoisotopic (exact) mass is 277 g/mol. The Bertz CT molecular complexity index is 498. The fraction of sp³-hybridized carbons (Fsp3) is 0.467. The number of amides is 3. The van der Waals surface area contributed by atoms with Gasteiger partial charge in [0.2, 0.25) is 5.91 Å². The molecule has 3 N–H and O–H groups in total. The van der Waals surface area contributed by atoms with Gasteiger partial charge in [-0.25, -0.2) is 4.79 Å². The van der Waals surface area contributed by atoms with E-state index >= 15 is 0 Å². The summed E-state index contributed by atoms with van der Waals surface area (Å²) < 4.78 is 0. The van der Waals surface area contributed by atoms with Crippen molar-refractivity contribution in [1.29, 1.82) is 0 Å². The van der Waals surface area contributed by atoms with Crippen molar-refractivity contribution in [3.8, 4) is 0 Å². The molecule has 0 bridgehead atoms. The second-order valence-electron chi connectivity index (χ2n) is 5.23. The van der Waals surface area contributed by atoms with E-state index in [0.717, 1.165) is 16.8 Å². The molecule has 5 nitrogen and oxygen atoms in total. The highest BCUT2D eigenvalue weighted by molar-refractivity contribution is 5.98. The average molecular weight is 277 g/mol. The fourth-order valence-corrected chi connectivity index (χ4v) is 1.72. The summed E-state index contributed by atoms with van der Waals surface area (Å²) in [5.74, 6) is -0.357. The number of urea groups is 1. The van der Waals surface area contributed by atoms with Crippen LogP contribution in [0.25, 0.3) is 0 Å². The van der Waals surface area contributed by atoms with Gasteiger partial charge in [0.25, 0.3) is 0 Å². The van der Waals surface area contributed by atoms with Gasteiger partial charge in [-0.15, -0.1) is 0 Å². The Kier molecular flexibility index (Phi) is 5.55. The number of aryl methyl sites for hydroxylation is 1. The number of hydrogen-bond donors (Lipinski definition) is 3. The maximum absolute atomic E-state index is 11.9. The minimum atomic E-state index is -0.492. The molecule has 0 aromatic heterocycles. The molecule has 0 aliphatic heterocycles. The average Bonchev–Trinajstić information content (AvgIpc) is 2.33. The lowest BCUT2D eigenvalue weighted by molar-refractivity contribution is -0.120. The third-order valence-corrected chi connectivity index (χ3v) is 3.03. The highest BCUT2D eigenvalue weighted by Crippen LogP contribution is 2.18. The minimum Gasteiger partial charge on any atom is -0.374 e. The number of benzene rings is 1. The van der Waals surface area contributed by atoms with Crippen LogP contribution in [0.15, 0.2) is 18.2 Å². The van der Waals surface area contributed by atoms with Gasteiger partial charge in [0.05, 0.1) is 0 Å². The molecule has 0 spiro atoms. The molecular weight excluding hydrogens is 254 g/mol. The van der Waals surface area contributed by atoms with Crippen LogP contribution in [-0.2, 0) is 4.79 Å². The summed E-state index contributed by atoms with van der Waals surface area (Å²) in [6.07, 6.45) is 0. The Morgan fingerprint density at radius 3 is 2.35 bits per heavy atom. The Balaban J connectivity index is 2.62. The SMILES string of the molecule is Cc1cccc(N[C@H](C)C(=O)NC(=O)NC(C)C)c1C. The van der Waals surface area contributed by atoms with E-state index in [1.54, 1.807) is 6.92 Å². The Hall–Kier alpha value is -2.04. The predicted octanol–water partition coefficient (Wildman–Crippen LogP) is 2.34. The van der Waals surface area contributed by atoms with Crippen molar-refractivity contribution in [1.82, 2.24) is 10.6 Å². The van der Waals surface area contributed by atoms with Crippen molar-refractivity contribution in [2.75, 3.05) is 5.32 Å². The van der Waals surface area contributed by atoms with Crippen molar-refractivity contribution in [2.24, 2.45) is 0 Å². The molecule has 0 unspecified atom stereocenters. The smallest absolute Gasteiger partial charge is 0.321 e. The zero-order chi connectivity index (χ0) is 15.3. The van der Waals surface area contributed by atoms with Crippen molar-refractivity contribution < 1.29 is 9.59 Å². The first-order valence-electron chi connectivity index (χ1n) is 6.75. The van der Waals surface area contributed by atoms with Gasteiger partial charge in [-0.3, -0.25) is 10.1 Å². The first-order chi connectivity index (χ1) is 9.31. The molecule has 0 heterocycles. The Labute approximate surface area is 120 Å². The van der Waals surface area contributed by atoms with Gasteiger partial charge in [-0.1, -0.05) is 12.1 Å². The number of hydrogen-bond acceptors (Lipinski definition) is 3. The van der Waals surface area contributed by atoms with Crippen molar-refractivity contribution >= 4 is 17.6 Å². The molecule has 1 aromatic carbocycles. The molecule has 1 rings (SSSR count). The summed E-state index contributed by atoms with van der Waals surface area (Å²) in [6, 6.07) is 4.89. The second kappa shape index (κ2) is 6.93. The van der Waals surface area contributed by atoms with E-state index in [1.807, 2.05) is 45.9 Å². The predicted molar refractivity (Wildman–Crippen MR) is 80.8 cm³/mol. The number of imide groups is 1. The van der Waals surface area contributed by atoms with Crippen LogP contribution < -0.4 is 16.0 Å². The number of anilines is 1. The molecule has 0 aliphatic rings. The van der Waals surface area contributed by atoms with E-state index in [9.17, 15) is 9.59 Å².